The van der Waals surface area contributed by atoms with E-state index in [0.29, 0.717) is 19.4 Å². The van der Waals surface area contributed by atoms with E-state index in [1.54, 1.807) is 13.0 Å². The van der Waals surface area contributed by atoms with E-state index >= 15 is 0 Å². The van der Waals surface area contributed by atoms with Crippen molar-refractivity contribution in [2.75, 3.05) is 13.2 Å². The molecule has 0 aliphatic heterocycles. The summed E-state index contributed by atoms with van der Waals surface area (Å²) in [6.45, 7) is 1.84. The van der Waals surface area contributed by atoms with E-state index < -0.39 is 11.0 Å². The third-order valence-corrected chi connectivity index (χ3v) is 2.54. The maximum absolute atomic E-state index is 11.5. The van der Waals surface area contributed by atoms with Gasteiger partial charge in [0, 0.05) is 12.6 Å². The van der Waals surface area contributed by atoms with Crippen molar-refractivity contribution in [3.63, 3.8) is 0 Å². The molecule has 0 bridgehead atoms. The molecule has 110 valence electrons. The molecule has 0 saturated carbocycles. The number of hydrogen-bond acceptors (Lipinski definition) is 5. The van der Waals surface area contributed by atoms with Crippen molar-refractivity contribution < 1.29 is 19.6 Å². The van der Waals surface area contributed by atoms with Gasteiger partial charge in [-0.25, -0.2) is 0 Å². The minimum Gasteiger partial charge on any atom is -0.477 e. The summed E-state index contributed by atoms with van der Waals surface area (Å²) in [5.74, 6) is -0.287. The molecule has 0 fully saturated rings. The molecule has 0 aliphatic carbocycles. The monoisotopic (exact) mass is 282 g/mol. The van der Waals surface area contributed by atoms with Crippen molar-refractivity contribution in [3.05, 3.63) is 34.4 Å². The number of para-hydroxylation sites is 2. The van der Waals surface area contributed by atoms with Crippen LogP contribution < -0.4 is 10.1 Å². The number of carbonyl (C=O) groups is 1. The predicted molar refractivity (Wildman–Crippen MR) is 72.5 cm³/mol. The van der Waals surface area contributed by atoms with Gasteiger partial charge in [0.25, 0.3) is 5.91 Å². The van der Waals surface area contributed by atoms with Crippen LogP contribution in [0.25, 0.3) is 0 Å². The highest BCUT2D eigenvalue weighted by Gasteiger charge is 2.14. The number of nitrogens with one attached hydrogen (secondary N) is 1. The van der Waals surface area contributed by atoms with Gasteiger partial charge in [0.1, 0.15) is 0 Å². The summed E-state index contributed by atoms with van der Waals surface area (Å²) >= 11 is 0. The molecule has 0 spiro atoms. The first-order valence-electron chi connectivity index (χ1n) is 6.31. The summed E-state index contributed by atoms with van der Waals surface area (Å²) in [5, 5.41) is 22.4. The zero-order valence-electron chi connectivity index (χ0n) is 11.2. The van der Waals surface area contributed by atoms with E-state index in [2.05, 4.69) is 5.32 Å². The number of aliphatic hydroxyl groups excluding tert-OH is 1. The van der Waals surface area contributed by atoms with Crippen molar-refractivity contribution in [2.24, 2.45) is 0 Å². The summed E-state index contributed by atoms with van der Waals surface area (Å²) in [6, 6.07) is 5.89. The lowest BCUT2D eigenvalue weighted by Crippen LogP contribution is -2.30. The average Bonchev–Trinajstić information content (AvgIpc) is 2.41. The Balaban J connectivity index is 2.36. The van der Waals surface area contributed by atoms with Crippen LogP contribution in [-0.2, 0) is 4.79 Å². The van der Waals surface area contributed by atoms with Crippen LogP contribution in [0.4, 0.5) is 5.69 Å². The zero-order chi connectivity index (χ0) is 15.0. The van der Waals surface area contributed by atoms with E-state index in [9.17, 15) is 14.9 Å². The molecule has 0 aromatic heterocycles. The highest BCUT2D eigenvalue weighted by molar-refractivity contribution is 5.77. The number of amides is 1. The number of benzene rings is 1. The SMILES string of the molecule is CC(O)CCCNC(=O)COc1ccccc1[N+](=O)[O-]. The summed E-state index contributed by atoms with van der Waals surface area (Å²) in [4.78, 5) is 21.7. The fraction of sp³-hybridized carbons (Fsp3) is 0.462. The van der Waals surface area contributed by atoms with Crippen LogP contribution in [-0.4, -0.2) is 35.2 Å². The maximum Gasteiger partial charge on any atom is 0.310 e. The van der Waals surface area contributed by atoms with Gasteiger partial charge < -0.3 is 15.2 Å². The fourth-order valence-electron chi connectivity index (χ4n) is 1.55. The first-order chi connectivity index (χ1) is 9.50. The standard InChI is InChI=1S/C13H18N2O5/c1-10(16)5-4-8-14-13(17)9-20-12-7-3-2-6-11(12)15(18)19/h2-3,6-7,10,16H,4-5,8-9H2,1H3,(H,14,17). The lowest BCUT2D eigenvalue weighted by Gasteiger charge is -2.08. The van der Waals surface area contributed by atoms with Crippen LogP contribution in [0.3, 0.4) is 0 Å². The number of ether oxygens (including phenoxy) is 1. The van der Waals surface area contributed by atoms with Gasteiger partial charge in [-0.3, -0.25) is 14.9 Å². The number of hydrogen-bond donors (Lipinski definition) is 2. The molecule has 0 saturated heterocycles. The molecule has 1 unspecified atom stereocenters. The van der Waals surface area contributed by atoms with Crippen LogP contribution in [0.2, 0.25) is 0 Å². The molecule has 0 radical (unpaired) electrons. The van der Waals surface area contributed by atoms with E-state index in [1.807, 2.05) is 0 Å². The summed E-state index contributed by atoms with van der Waals surface area (Å²) in [5.41, 5.74) is -0.172. The minimum absolute atomic E-state index is 0.0663. The topological polar surface area (TPSA) is 102 Å². The fourth-order valence-corrected chi connectivity index (χ4v) is 1.55. The van der Waals surface area contributed by atoms with Crippen molar-refractivity contribution >= 4 is 11.6 Å². The largest absolute Gasteiger partial charge is 0.477 e. The van der Waals surface area contributed by atoms with Gasteiger partial charge in [-0.2, -0.15) is 0 Å². The number of rotatable bonds is 8. The van der Waals surface area contributed by atoms with E-state index in [-0.39, 0.29) is 24.0 Å². The lowest BCUT2D eigenvalue weighted by atomic mass is 10.2. The Morgan fingerprint density at radius 1 is 1.50 bits per heavy atom. The van der Waals surface area contributed by atoms with Gasteiger partial charge >= 0.3 is 5.69 Å². The molecular weight excluding hydrogens is 264 g/mol. The summed E-state index contributed by atoms with van der Waals surface area (Å²) in [7, 11) is 0. The third-order valence-electron chi connectivity index (χ3n) is 2.54. The molecule has 1 aromatic carbocycles. The molecule has 1 rings (SSSR count). The van der Waals surface area contributed by atoms with Crippen molar-refractivity contribution in [3.8, 4) is 5.75 Å². The Morgan fingerprint density at radius 2 is 2.20 bits per heavy atom. The van der Waals surface area contributed by atoms with E-state index in [0.717, 1.165) is 0 Å². The van der Waals surface area contributed by atoms with Gasteiger partial charge in [0.05, 0.1) is 11.0 Å². The molecule has 20 heavy (non-hydrogen) atoms. The van der Waals surface area contributed by atoms with Gasteiger partial charge in [0.15, 0.2) is 12.4 Å². The first-order valence-corrected chi connectivity index (χ1v) is 6.31. The van der Waals surface area contributed by atoms with Crippen LogP contribution in [0.5, 0.6) is 5.75 Å². The number of nitrogens with zero attached hydrogens (tertiary/aromatic N) is 1. The first kappa shape index (κ1) is 15.9. The molecule has 1 atom stereocenters. The zero-order valence-corrected chi connectivity index (χ0v) is 11.2. The molecule has 7 heteroatoms. The lowest BCUT2D eigenvalue weighted by molar-refractivity contribution is -0.385. The second-order valence-electron chi connectivity index (χ2n) is 4.35. The summed E-state index contributed by atoms with van der Waals surface area (Å²) < 4.78 is 5.14. The molecule has 0 heterocycles. The quantitative estimate of drug-likeness (QED) is 0.424. The minimum atomic E-state index is -0.560. The van der Waals surface area contributed by atoms with Crippen LogP contribution in [0, 0.1) is 10.1 Å². The number of nitro benzene ring substituents is 1. The van der Waals surface area contributed by atoms with Gasteiger partial charge in [-0.1, -0.05) is 12.1 Å². The predicted octanol–water partition coefficient (Wildman–Crippen LogP) is 1.25. The highest BCUT2D eigenvalue weighted by atomic mass is 16.6. The molecule has 2 N–H and O–H groups in total. The van der Waals surface area contributed by atoms with Crippen molar-refractivity contribution in [1.82, 2.24) is 5.32 Å². The number of carbonyl (C=O) groups excluding carboxylic acids is 1. The average molecular weight is 282 g/mol. The summed E-state index contributed by atoms with van der Waals surface area (Å²) in [6.07, 6.45) is 0.871. The molecular formula is C13H18N2O5. The van der Waals surface area contributed by atoms with Crippen molar-refractivity contribution in [1.29, 1.82) is 0 Å². The Morgan fingerprint density at radius 3 is 2.85 bits per heavy atom. The Labute approximate surface area is 116 Å². The number of nitro groups is 1. The highest BCUT2D eigenvalue weighted by Crippen LogP contribution is 2.25. The van der Waals surface area contributed by atoms with Crippen LogP contribution >= 0.6 is 0 Å². The number of aliphatic hydroxyl groups is 1. The molecule has 0 aliphatic rings. The van der Waals surface area contributed by atoms with Crippen LogP contribution in [0.15, 0.2) is 24.3 Å². The van der Waals surface area contributed by atoms with E-state index in [1.165, 1.54) is 18.2 Å². The van der Waals surface area contributed by atoms with Gasteiger partial charge in [0.2, 0.25) is 0 Å². The molecule has 7 nitrogen and oxygen atoms in total. The Bertz CT molecular complexity index is 462. The van der Waals surface area contributed by atoms with Crippen LogP contribution in [0.1, 0.15) is 19.8 Å². The van der Waals surface area contributed by atoms with E-state index in [4.69, 9.17) is 9.84 Å². The molecule has 1 aromatic rings. The molecule has 1 amide bonds. The van der Waals surface area contributed by atoms with Gasteiger partial charge in [-0.15, -0.1) is 0 Å². The normalized spacial score (nSPS) is 11.7. The smallest absolute Gasteiger partial charge is 0.310 e. The second-order valence-corrected chi connectivity index (χ2v) is 4.35. The Hall–Kier alpha value is -2.15. The van der Waals surface area contributed by atoms with Crippen molar-refractivity contribution in [2.45, 2.75) is 25.9 Å². The third kappa shape index (κ3) is 5.66. The van der Waals surface area contributed by atoms with Gasteiger partial charge in [-0.05, 0) is 25.8 Å². The second kappa shape index (κ2) is 8.11. The maximum atomic E-state index is 11.5. The Kier molecular flexibility index (Phi) is 6.45.